The highest BCUT2D eigenvalue weighted by molar-refractivity contribution is 6.33. The fourth-order valence-corrected chi connectivity index (χ4v) is 2.17. The van der Waals surface area contributed by atoms with E-state index in [1.807, 2.05) is 0 Å². The van der Waals surface area contributed by atoms with Crippen LogP contribution in [0.25, 0.3) is 17.2 Å². The van der Waals surface area contributed by atoms with Gasteiger partial charge in [0.15, 0.2) is 5.82 Å². The van der Waals surface area contributed by atoms with Gasteiger partial charge in [-0.2, -0.15) is 9.50 Å². The van der Waals surface area contributed by atoms with Crippen LogP contribution in [0.2, 0.25) is 5.02 Å². The summed E-state index contributed by atoms with van der Waals surface area (Å²) in [7, 11) is 0. The quantitative estimate of drug-likeness (QED) is 0.661. The molecule has 0 unspecified atom stereocenters. The Morgan fingerprint density at radius 3 is 2.89 bits per heavy atom. The Labute approximate surface area is 112 Å². The van der Waals surface area contributed by atoms with Crippen molar-refractivity contribution in [2.24, 2.45) is 0 Å². The van der Waals surface area contributed by atoms with Gasteiger partial charge in [-0.25, -0.2) is 4.98 Å². The number of anilines is 1. The fraction of sp³-hybridized carbons (Fsp3) is 0.0833. The summed E-state index contributed by atoms with van der Waals surface area (Å²) in [6, 6.07) is 6.60. The van der Waals surface area contributed by atoms with Crippen molar-refractivity contribution in [2.45, 2.75) is 6.92 Å². The number of halogens is 1. The smallest absolute Gasteiger partial charge is 0.274 e. The molecular formula is C12H10ClN5O. The molecule has 6 nitrogen and oxygen atoms in total. The van der Waals surface area contributed by atoms with Gasteiger partial charge in [-0.1, -0.05) is 17.7 Å². The zero-order valence-corrected chi connectivity index (χ0v) is 10.8. The number of benzene rings is 1. The molecule has 3 rings (SSSR count). The number of rotatable bonds is 1. The van der Waals surface area contributed by atoms with E-state index in [4.69, 9.17) is 17.3 Å². The van der Waals surface area contributed by atoms with E-state index in [-0.39, 0.29) is 5.56 Å². The van der Waals surface area contributed by atoms with Crippen LogP contribution in [0.5, 0.6) is 0 Å². The van der Waals surface area contributed by atoms with Crippen molar-refractivity contribution in [1.82, 2.24) is 19.6 Å². The van der Waals surface area contributed by atoms with Gasteiger partial charge in [-0.15, -0.1) is 0 Å². The lowest BCUT2D eigenvalue weighted by molar-refractivity contribution is 0.892. The first-order valence-electron chi connectivity index (χ1n) is 5.57. The summed E-state index contributed by atoms with van der Waals surface area (Å²) in [4.78, 5) is 20.2. The number of fused-ring (bicyclic) bond motifs is 1. The summed E-state index contributed by atoms with van der Waals surface area (Å²) in [5.74, 6) is 0.706. The molecule has 1 aromatic carbocycles. The number of nitrogens with two attached hydrogens (primary N) is 1. The second-order valence-electron chi connectivity index (χ2n) is 4.15. The van der Waals surface area contributed by atoms with Gasteiger partial charge in [0.05, 0.1) is 10.6 Å². The number of nitrogen functional groups attached to an aromatic ring is 1. The maximum atomic E-state index is 11.8. The predicted molar refractivity (Wildman–Crippen MR) is 73.2 cm³/mol. The van der Waals surface area contributed by atoms with E-state index < -0.39 is 0 Å². The van der Waals surface area contributed by atoms with Crippen molar-refractivity contribution in [2.75, 3.05) is 5.73 Å². The van der Waals surface area contributed by atoms with Crippen LogP contribution in [0.15, 0.2) is 29.1 Å². The van der Waals surface area contributed by atoms with E-state index in [2.05, 4.69) is 15.1 Å². The molecule has 0 radical (unpaired) electrons. The van der Waals surface area contributed by atoms with Gasteiger partial charge in [0.1, 0.15) is 0 Å². The van der Waals surface area contributed by atoms with Crippen LogP contribution in [-0.2, 0) is 0 Å². The van der Waals surface area contributed by atoms with Crippen LogP contribution in [0.4, 0.5) is 5.69 Å². The lowest BCUT2D eigenvalue weighted by atomic mass is 10.2. The Balaban J connectivity index is 2.33. The van der Waals surface area contributed by atoms with E-state index in [1.165, 1.54) is 10.6 Å². The predicted octanol–water partition coefficient (Wildman–Crippen LogP) is 1.63. The standard InChI is InChI=1S/C12H10ClN5O/c1-6-5-9(19)18-12(15-6)16-11(17-18)10-7(13)3-2-4-8(10)14/h2-5H,14H2,1H3,(H,15,16,17). The number of aromatic nitrogens is 4. The van der Waals surface area contributed by atoms with Crippen molar-refractivity contribution in [1.29, 1.82) is 0 Å². The molecule has 0 saturated carbocycles. The molecule has 0 bridgehead atoms. The maximum absolute atomic E-state index is 11.8. The average molecular weight is 276 g/mol. The summed E-state index contributed by atoms with van der Waals surface area (Å²) in [6.07, 6.45) is 0. The molecule has 0 aliphatic carbocycles. The number of nitrogens with one attached hydrogen (secondary N) is 1. The highest BCUT2D eigenvalue weighted by atomic mass is 35.5. The molecule has 0 saturated heterocycles. The third-order valence-electron chi connectivity index (χ3n) is 2.74. The minimum Gasteiger partial charge on any atom is -0.398 e. The monoisotopic (exact) mass is 275 g/mol. The van der Waals surface area contributed by atoms with E-state index in [0.29, 0.717) is 33.6 Å². The van der Waals surface area contributed by atoms with Crippen molar-refractivity contribution in [3.05, 3.63) is 45.3 Å². The van der Waals surface area contributed by atoms with Crippen LogP contribution in [0.3, 0.4) is 0 Å². The van der Waals surface area contributed by atoms with Gasteiger partial charge in [0, 0.05) is 17.4 Å². The normalized spacial score (nSPS) is 11.1. The fourth-order valence-electron chi connectivity index (χ4n) is 1.90. The van der Waals surface area contributed by atoms with Crippen LogP contribution in [-0.4, -0.2) is 19.6 Å². The number of aryl methyl sites for hydroxylation is 1. The van der Waals surface area contributed by atoms with Gasteiger partial charge in [-0.3, -0.25) is 9.89 Å². The SMILES string of the molecule is Cc1cc(=O)n2[nH]c(-c3c(N)cccc3Cl)nc2n1. The molecule has 0 amide bonds. The molecule has 3 aromatic rings. The largest absolute Gasteiger partial charge is 0.398 e. The van der Waals surface area contributed by atoms with Crippen LogP contribution in [0, 0.1) is 6.92 Å². The Hall–Kier alpha value is -2.34. The van der Waals surface area contributed by atoms with Gasteiger partial charge in [0.2, 0.25) is 0 Å². The lowest BCUT2D eigenvalue weighted by Gasteiger charge is -2.03. The highest BCUT2D eigenvalue weighted by Gasteiger charge is 2.13. The molecule has 0 aliphatic rings. The highest BCUT2D eigenvalue weighted by Crippen LogP contribution is 2.30. The first kappa shape index (κ1) is 11.7. The number of hydrogen-bond donors (Lipinski definition) is 2. The molecule has 2 aromatic heterocycles. The van der Waals surface area contributed by atoms with Gasteiger partial charge < -0.3 is 5.73 Å². The third-order valence-corrected chi connectivity index (χ3v) is 3.06. The van der Waals surface area contributed by atoms with Crippen LogP contribution >= 0.6 is 11.6 Å². The van der Waals surface area contributed by atoms with E-state index >= 15 is 0 Å². The number of aromatic amines is 1. The van der Waals surface area contributed by atoms with Gasteiger partial charge in [-0.05, 0) is 19.1 Å². The molecule has 0 atom stereocenters. The first-order chi connectivity index (χ1) is 9.06. The lowest BCUT2D eigenvalue weighted by Crippen LogP contribution is -2.14. The van der Waals surface area contributed by atoms with Crippen molar-refractivity contribution < 1.29 is 0 Å². The molecule has 96 valence electrons. The molecule has 3 N–H and O–H groups in total. The number of hydrogen-bond acceptors (Lipinski definition) is 4. The van der Waals surface area contributed by atoms with Crippen molar-refractivity contribution in [3.8, 4) is 11.4 Å². The van der Waals surface area contributed by atoms with Crippen LogP contribution < -0.4 is 11.3 Å². The van der Waals surface area contributed by atoms with E-state index in [1.54, 1.807) is 25.1 Å². The maximum Gasteiger partial charge on any atom is 0.274 e. The summed E-state index contributed by atoms with van der Waals surface area (Å²) < 4.78 is 1.26. The second-order valence-corrected chi connectivity index (χ2v) is 4.55. The van der Waals surface area contributed by atoms with Gasteiger partial charge >= 0.3 is 0 Å². The zero-order valence-electron chi connectivity index (χ0n) is 10.0. The average Bonchev–Trinajstić information content (AvgIpc) is 2.72. The molecule has 0 aliphatic heterocycles. The molecule has 2 heterocycles. The molecular weight excluding hydrogens is 266 g/mol. The summed E-state index contributed by atoms with van der Waals surface area (Å²) in [6.45, 7) is 1.74. The Morgan fingerprint density at radius 1 is 1.37 bits per heavy atom. The van der Waals surface area contributed by atoms with Crippen molar-refractivity contribution in [3.63, 3.8) is 0 Å². The molecule has 0 fully saturated rings. The topological polar surface area (TPSA) is 89.1 Å². The second kappa shape index (κ2) is 4.10. The summed E-state index contributed by atoms with van der Waals surface area (Å²) in [5, 5.41) is 3.32. The van der Waals surface area contributed by atoms with Crippen LogP contribution in [0.1, 0.15) is 5.69 Å². The van der Waals surface area contributed by atoms with E-state index in [0.717, 1.165) is 0 Å². The van der Waals surface area contributed by atoms with Crippen molar-refractivity contribution >= 4 is 23.1 Å². The molecule has 0 spiro atoms. The van der Waals surface area contributed by atoms with E-state index in [9.17, 15) is 4.79 Å². The Morgan fingerprint density at radius 2 is 2.16 bits per heavy atom. The molecule has 19 heavy (non-hydrogen) atoms. The Bertz CT molecular complexity index is 815. The Kier molecular flexibility index (Phi) is 2.53. The number of nitrogens with zero attached hydrogens (tertiary/aromatic N) is 3. The first-order valence-corrected chi connectivity index (χ1v) is 5.95. The number of H-pyrrole nitrogens is 1. The minimum absolute atomic E-state index is 0.230. The third kappa shape index (κ3) is 1.86. The van der Waals surface area contributed by atoms with Gasteiger partial charge in [0.25, 0.3) is 11.3 Å². The summed E-state index contributed by atoms with van der Waals surface area (Å²) in [5.41, 5.74) is 7.31. The molecule has 7 heteroatoms. The summed E-state index contributed by atoms with van der Waals surface area (Å²) >= 11 is 6.11. The zero-order chi connectivity index (χ0) is 13.6. The minimum atomic E-state index is -0.230.